The van der Waals surface area contributed by atoms with Crippen molar-refractivity contribution in [2.24, 2.45) is 0 Å². The standard InChI is InChI=1S/C24H27N3O3/c1-16-7-10-21(30-2)17(15-16)13-14-25-23(28)12-11-22-26-20-6-4-3-5-19(20)24(29)27(22)18-8-9-18/h3-7,10,15,18H,8-9,11-14H2,1-2H3,(H,25,28). The summed E-state index contributed by atoms with van der Waals surface area (Å²) in [6.45, 7) is 2.58. The number of aryl methyl sites for hydroxylation is 2. The van der Waals surface area contributed by atoms with Crippen LogP contribution in [0.25, 0.3) is 10.9 Å². The first-order valence-corrected chi connectivity index (χ1v) is 10.5. The summed E-state index contributed by atoms with van der Waals surface area (Å²) in [5.41, 5.74) is 2.94. The maximum atomic E-state index is 12.9. The Morgan fingerprint density at radius 1 is 1.20 bits per heavy atom. The highest BCUT2D eigenvalue weighted by Gasteiger charge is 2.28. The van der Waals surface area contributed by atoms with E-state index in [2.05, 4.69) is 11.4 Å². The van der Waals surface area contributed by atoms with Crippen LogP contribution in [0.15, 0.2) is 47.3 Å². The number of rotatable bonds is 8. The summed E-state index contributed by atoms with van der Waals surface area (Å²) in [6, 6.07) is 13.7. The number of hydrogen-bond acceptors (Lipinski definition) is 4. The average molecular weight is 405 g/mol. The number of amides is 1. The molecule has 1 aromatic heterocycles. The molecule has 1 fully saturated rings. The van der Waals surface area contributed by atoms with Gasteiger partial charge in [-0.3, -0.25) is 14.2 Å². The summed E-state index contributed by atoms with van der Waals surface area (Å²) in [5.74, 6) is 1.51. The highest BCUT2D eigenvalue weighted by molar-refractivity contribution is 5.78. The minimum absolute atomic E-state index is 0.00468. The van der Waals surface area contributed by atoms with Crippen LogP contribution in [0.5, 0.6) is 5.75 Å². The van der Waals surface area contributed by atoms with E-state index >= 15 is 0 Å². The van der Waals surface area contributed by atoms with Crippen molar-refractivity contribution >= 4 is 16.8 Å². The number of benzene rings is 2. The topological polar surface area (TPSA) is 73.2 Å². The largest absolute Gasteiger partial charge is 0.496 e. The van der Waals surface area contributed by atoms with Crippen molar-refractivity contribution in [3.63, 3.8) is 0 Å². The maximum absolute atomic E-state index is 12.9. The molecule has 6 heteroatoms. The monoisotopic (exact) mass is 405 g/mol. The maximum Gasteiger partial charge on any atom is 0.261 e. The average Bonchev–Trinajstić information content (AvgIpc) is 3.57. The number of carbonyl (C=O) groups is 1. The van der Waals surface area contributed by atoms with Gasteiger partial charge in [-0.15, -0.1) is 0 Å². The molecule has 1 saturated carbocycles. The van der Waals surface area contributed by atoms with E-state index in [-0.39, 0.29) is 17.5 Å². The van der Waals surface area contributed by atoms with E-state index < -0.39 is 0 Å². The lowest BCUT2D eigenvalue weighted by molar-refractivity contribution is -0.121. The smallest absolute Gasteiger partial charge is 0.261 e. The number of aromatic nitrogens is 2. The Morgan fingerprint density at radius 2 is 2.00 bits per heavy atom. The molecule has 0 spiro atoms. The number of nitrogens with one attached hydrogen (secondary N) is 1. The molecule has 0 radical (unpaired) electrons. The number of fused-ring (bicyclic) bond motifs is 1. The molecule has 1 N–H and O–H groups in total. The highest BCUT2D eigenvalue weighted by atomic mass is 16.5. The van der Waals surface area contributed by atoms with E-state index in [1.807, 2.05) is 43.3 Å². The highest BCUT2D eigenvalue weighted by Crippen LogP contribution is 2.34. The van der Waals surface area contributed by atoms with Gasteiger partial charge in [-0.1, -0.05) is 29.8 Å². The quantitative estimate of drug-likeness (QED) is 0.624. The molecule has 0 atom stereocenters. The van der Waals surface area contributed by atoms with Gasteiger partial charge >= 0.3 is 0 Å². The van der Waals surface area contributed by atoms with Crippen LogP contribution in [0.4, 0.5) is 0 Å². The third-order valence-electron chi connectivity index (χ3n) is 5.52. The van der Waals surface area contributed by atoms with Gasteiger partial charge < -0.3 is 10.1 Å². The molecule has 6 nitrogen and oxygen atoms in total. The van der Waals surface area contributed by atoms with Crippen LogP contribution in [0, 0.1) is 6.92 Å². The number of nitrogens with zero attached hydrogens (tertiary/aromatic N) is 2. The molecule has 3 aromatic rings. The molecule has 0 unspecified atom stereocenters. The molecule has 1 amide bonds. The van der Waals surface area contributed by atoms with Gasteiger partial charge in [-0.25, -0.2) is 4.98 Å². The molecule has 0 aliphatic heterocycles. The molecule has 0 saturated heterocycles. The zero-order valence-electron chi connectivity index (χ0n) is 17.5. The Labute approximate surface area is 175 Å². The molecule has 1 aliphatic rings. The van der Waals surface area contributed by atoms with Gasteiger partial charge in [-0.05, 0) is 49.9 Å². The SMILES string of the molecule is COc1ccc(C)cc1CCNC(=O)CCc1nc2ccccc2c(=O)n1C1CC1. The van der Waals surface area contributed by atoms with Gasteiger partial charge in [0.15, 0.2) is 0 Å². The van der Waals surface area contributed by atoms with Crippen LogP contribution in [0.3, 0.4) is 0 Å². The minimum Gasteiger partial charge on any atom is -0.496 e. The molecule has 0 bridgehead atoms. The Bertz CT molecular complexity index is 1130. The lowest BCUT2D eigenvalue weighted by Crippen LogP contribution is -2.28. The molecular weight excluding hydrogens is 378 g/mol. The van der Waals surface area contributed by atoms with E-state index in [4.69, 9.17) is 9.72 Å². The Balaban J connectivity index is 1.40. The fraction of sp³-hybridized carbons (Fsp3) is 0.375. The first kappa shape index (κ1) is 20.1. The van der Waals surface area contributed by atoms with Crippen LogP contribution >= 0.6 is 0 Å². The number of carbonyl (C=O) groups excluding carboxylic acids is 1. The van der Waals surface area contributed by atoms with Crippen molar-refractivity contribution in [1.29, 1.82) is 0 Å². The Hall–Kier alpha value is -3.15. The lowest BCUT2D eigenvalue weighted by atomic mass is 10.1. The van der Waals surface area contributed by atoms with Gasteiger partial charge in [-0.2, -0.15) is 0 Å². The van der Waals surface area contributed by atoms with E-state index in [0.717, 1.165) is 29.7 Å². The van der Waals surface area contributed by atoms with Gasteiger partial charge in [0, 0.05) is 25.4 Å². The van der Waals surface area contributed by atoms with Crippen LogP contribution in [0.1, 0.15) is 42.3 Å². The number of para-hydroxylation sites is 1. The summed E-state index contributed by atoms with van der Waals surface area (Å²) in [5, 5.41) is 3.62. The summed E-state index contributed by atoms with van der Waals surface area (Å²) >= 11 is 0. The second-order valence-electron chi connectivity index (χ2n) is 7.87. The van der Waals surface area contributed by atoms with Crippen LogP contribution in [-0.2, 0) is 17.6 Å². The van der Waals surface area contributed by atoms with Gasteiger partial charge in [0.25, 0.3) is 5.56 Å². The second-order valence-corrected chi connectivity index (χ2v) is 7.87. The third-order valence-corrected chi connectivity index (χ3v) is 5.52. The molecule has 1 aliphatic carbocycles. The summed E-state index contributed by atoms with van der Waals surface area (Å²) < 4.78 is 7.20. The molecule has 30 heavy (non-hydrogen) atoms. The van der Waals surface area contributed by atoms with Crippen molar-refractivity contribution in [1.82, 2.24) is 14.9 Å². The fourth-order valence-corrected chi connectivity index (χ4v) is 3.83. The van der Waals surface area contributed by atoms with E-state index in [1.54, 1.807) is 11.7 Å². The van der Waals surface area contributed by atoms with Crippen LogP contribution in [-0.4, -0.2) is 29.1 Å². The van der Waals surface area contributed by atoms with Crippen molar-refractivity contribution in [3.05, 3.63) is 69.8 Å². The van der Waals surface area contributed by atoms with Crippen molar-refractivity contribution in [3.8, 4) is 5.75 Å². The predicted octanol–water partition coefficient (Wildman–Crippen LogP) is 3.34. The third kappa shape index (κ3) is 4.37. The fourth-order valence-electron chi connectivity index (χ4n) is 3.83. The van der Waals surface area contributed by atoms with Crippen molar-refractivity contribution < 1.29 is 9.53 Å². The van der Waals surface area contributed by atoms with E-state index in [0.29, 0.717) is 42.5 Å². The van der Waals surface area contributed by atoms with Crippen LogP contribution < -0.4 is 15.6 Å². The number of ether oxygens (including phenoxy) is 1. The predicted molar refractivity (Wildman–Crippen MR) is 117 cm³/mol. The van der Waals surface area contributed by atoms with E-state index in [9.17, 15) is 9.59 Å². The van der Waals surface area contributed by atoms with Gasteiger partial charge in [0.2, 0.25) is 5.91 Å². The minimum atomic E-state index is -0.0358. The van der Waals surface area contributed by atoms with Gasteiger partial charge in [0.05, 0.1) is 18.0 Å². The Kier molecular flexibility index (Phi) is 5.84. The molecule has 2 aromatic carbocycles. The van der Waals surface area contributed by atoms with Crippen molar-refractivity contribution in [2.45, 2.75) is 45.1 Å². The zero-order valence-corrected chi connectivity index (χ0v) is 17.5. The number of hydrogen-bond donors (Lipinski definition) is 1. The van der Waals surface area contributed by atoms with Gasteiger partial charge in [0.1, 0.15) is 11.6 Å². The molecule has 156 valence electrons. The normalized spacial score (nSPS) is 13.4. The van der Waals surface area contributed by atoms with Crippen molar-refractivity contribution in [2.75, 3.05) is 13.7 Å². The zero-order chi connectivity index (χ0) is 21.1. The summed E-state index contributed by atoms with van der Waals surface area (Å²) in [6.07, 6.45) is 3.46. The molecule has 1 heterocycles. The molecule has 4 rings (SSSR count). The second kappa shape index (κ2) is 8.69. The van der Waals surface area contributed by atoms with E-state index in [1.165, 1.54) is 0 Å². The first-order valence-electron chi connectivity index (χ1n) is 10.5. The lowest BCUT2D eigenvalue weighted by Gasteiger charge is -2.13. The molecular formula is C24H27N3O3. The first-order chi connectivity index (χ1) is 14.6. The summed E-state index contributed by atoms with van der Waals surface area (Å²) in [7, 11) is 1.66. The Morgan fingerprint density at radius 3 is 2.77 bits per heavy atom. The summed E-state index contributed by atoms with van der Waals surface area (Å²) in [4.78, 5) is 30.0. The van der Waals surface area contributed by atoms with Crippen LogP contribution in [0.2, 0.25) is 0 Å². The number of methoxy groups -OCH3 is 1.